The average molecular weight is 382 g/mol. The number of esters is 1. The second kappa shape index (κ2) is 11.3. The second-order valence-corrected chi connectivity index (χ2v) is 6.98. The summed E-state index contributed by atoms with van der Waals surface area (Å²) in [5.41, 5.74) is 2.24. The molecule has 28 heavy (non-hydrogen) atoms. The number of carbonyl (C=O) groups excluding carboxylic acids is 2. The fourth-order valence-corrected chi connectivity index (χ4v) is 3.35. The molecule has 0 saturated heterocycles. The van der Waals surface area contributed by atoms with Crippen molar-refractivity contribution in [2.75, 3.05) is 13.2 Å². The third-order valence-corrected chi connectivity index (χ3v) is 5.09. The van der Waals surface area contributed by atoms with Crippen molar-refractivity contribution in [3.63, 3.8) is 0 Å². The van der Waals surface area contributed by atoms with Crippen LogP contribution in [0.4, 0.5) is 0 Å². The van der Waals surface area contributed by atoms with E-state index in [1.807, 2.05) is 48.2 Å². The van der Waals surface area contributed by atoms with E-state index in [0.29, 0.717) is 19.6 Å². The van der Waals surface area contributed by atoms with Crippen molar-refractivity contribution < 1.29 is 14.3 Å². The molecule has 0 aliphatic heterocycles. The normalized spacial score (nSPS) is 11.9. The summed E-state index contributed by atoms with van der Waals surface area (Å²) in [7, 11) is 0. The van der Waals surface area contributed by atoms with E-state index in [0.717, 1.165) is 17.5 Å². The van der Waals surface area contributed by atoms with E-state index in [1.165, 1.54) is 0 Å². The van der Waals surface area contributed by atoms with Crippen molar-refractivity contribution >= 4 is 11.9 Å². The topological polar surface area (TPSA) is 46.6 Å². The predicted octanol–water partition coefficient (Wildman–Crippen LogP) is 4.79. The summed E-state index contributed by atoms with van der Waals surface area (Å²) < 4.78 is 5.03. The summed E-state index contributed by atoms with van der Waals surface area (Å²) in [5.74, 6) is -0.202. The average Bonchev–Trinajstić information content (AvgIpc) is 2.73. The molecule has 0 aromatic heterocycles. The lowest BCUT2D eigenvalue weighted by molar-refractivity contribution is -0.144. The van der Waals surface area contributed by atoms with Gasteiger partial charge >= 0.3 is 5.97 Å². The number of hydrogen-bond donors (Lipinski definition) is 0. The van der Waals surface area contributed by atoms with Gasteiger partial charge in [-0.2, -0.15) is 0 Å². The third-order valence-electron chi connectivity index (χ3n) is 5.09. The van der Waals surface area contributed by atoms with E-state index >= 15 is 0 Å². The maximum absolute atomic E-state index is 13.2. The molecule has 150 valence electrons. The van der Waals surface area contributed by atoms with Gasteiger partial charge in [-0.05, 0) is 31.4 Å². The Balaban J connectivity index is 2.20. The largest absolute Gasteiger partial charge is 0.466 e. The molecule has 1 amide bonds. The third kappa shape index (κ3) is 6.22. The van der Waals surface area contributed by atoms with Crippen LogP contribution in [0.25, 0.3) is 0 Å². The Kier molecular flexibility index (Phi) is 8.73. The smallest absolute Gasteiger partial charge is 0.307 e. The van der Waals surface area contributed by atoms with E-state index in [9.17, 15) is 9.59 Å². The molecule has 1 unspecified atom stereocenters. The van der Waals surface area contributed by atoms with Crippen LogP contribution in [0.1, 0.15) is 57.1 Å². The van der Waals surface area contributed by atoms with Crippen molar-refractivity contribution in [2.45, 2.75) is 52.0 Å². The molecule has 2 rings (SSSR count). The fraction of sp³-hybridized carbons (Fsp3) is 0.417. The van der Waals surface area contributed by atoms with Crippen LogP contribution >= 0.6 is 0 Å². The number of nitrogens with zero attached hydrogens (tertiary/aromatic N) is 1. The first-order valence-electron chi connectivity index (χ1n) is 10.1. The maximum atomic E-state index is 13.2. The molecular weight excluding hydrogens is 350 g/mol. The quantitative estimate of drug-likeness (QED) is 0.556. The van der Waals surface area contributed by atoms with Gasteiger partial charge in [0, 0.05) is 24.9 Å². The van der Waals surface area contributed by atoms with Crippen molar-refractivity contribution in [3.05, 3.63) is 71.8 Å². The zero-order valence-electron chi connectivity index (χ0n) is 17.1. The molecule has 0 fully saturated rings. The van der Waals surface area contributed by atoms with Crippen molar-refractivity contribution in [3.8, 4) is 0 Å². The van der Waals surface area contributed by atoms with Gasteiger partial charge in [-0.1, -0.05) is 67.6 Å². The van der Waals surface area contributed by atoms with Gasteiger partial charge in [0.25, 0.3) is 0 Å². The number of benzene rings is 2. The van der Waals surface area contributed by atoms with Crippen LogP contribution in [-0.4, -0.2) is 36.0 Å². The first-order chi connectivity index (χ1) is 13.6. The minimum Gasteiger partial charge on any atom is -0.466 e. The van der Waals surface area contributed by atoms with Crippen molar-refractivity contribution in [2.24, 2.45) is 0 Å². The zero-order valence-corrected chi connectivity index (χ0v) is 17.1. The Bertz CT molecular complexity index is 691. The van der Waals surface area contributed by atoms with Gasteiger partial charge in [-0.25, -0.2) is 0 Å². The summed E-state index contributed by atoms with van der Waals surface area (Å²) >= 11 is 0. The van der Waals surface area contributed by atoms with Gasteiger partial charge < -0.3 is 9.64 Å². The summed E-state index contributed by atoms with van der Waals surface area (Å²) in [6.45, 7) is 6.63. The summed E-state index contributed by atoms with van der Waals surface area (Å²) in [4.78, 5) is 26.9. The SMILES string of the molecule is CCOC(=O)CCN(C(=O)CC(c1ccccc1)c1ccccc1)C(C)CC. The van der Waals surface area contributed by atoms with E-state index < -0.39 is 0 Å². The van der Waals surface area contributed by atoms with Crippen LogP contribution in [0.3, 0.4) is 0 Å². The van der Waals surface area contributed by atoms with Crippen molar-refractivity contribution in [1.82, 2.24) is 4.90 Å². The van der Waals surface area contributed by atoms with Crippen molar-refractivity contribution in [1.29, 1.82) is 0 Å². The minimum atomic E-state index is -0.258. The number of rotatable bonds is 10. The summed E-state index contributed by atoms with van der Waals surface area (Å²) in [6.07, 6.45) is 1.45. The Morgan fingerprint density at radius 3 is 1.93 bits per heavy atom. The first-order valence-corrected chi connectivity index (χ1v) is 10.1. The Labute approximate surface area is 168 Å². The molecule has 0 spiro atoms. The lowest BCUT2D eigenvalue weighted by Gasteiger charge is -2.30. The first kappa shape index (κ1) is 21.7. The lowest BCUT2D eigenvalue weighted by Crippen LogP contribution is -2.40. The van der Waals surface area contributed by atoms with Gasteiger partial charge in [0.15, 0.2) is 0 Å². The molecule has 0 aliphatic carbocycles. The summed E-state index contributed by atoms with van der Waals surface area (Å²) in [6, 6.07) is 20.3. The number of ether oxygens (including phenoxy) is 1. The second-order valence-electron chi connectivity index (χ2n) is 6.98. The van der Waals surface area contributed by atoms with Crippen LogP contribution in [0, 0.1) is 0 Å². The number of amides is 1. The number of hydrogen-bond acceptors (Lipinski definition) is 3. The Morgan fingerprint density at radius 2 is 1.46 bits per heavy atom. The highest BCUT2D eigenvalue weighted by molar-refractivity contribution is 5.79. The zero-order chi connectivity index (χ0) is 20.4. The highest BCUT2D eigenvalue weighted by atomic mass is 16.5. The minimum absolute atomic E-state index is 0.0101. The predicted molar refractivity (Wildman–Crippen MR) is 112 cm³/mol. The van der Waals surface area contributed by atoms with E-state index in [4.69, 9.17) is 4.74 Å². The van der Waals surface area contributed by atoms with Crippen LogP contribution < -0.4 is 0 Å². The molecule has 0 bridgehead atoms. The van der Waals surface area contributed by atoms with Crippen LogP contribution in [-0.2, 0) is 14.3 Å². The highest BCUT2D eigenvalue weighted by Crippen LogP contribution is 2.29. The van der Waals surface area contributed by atoms with Gasteiger partial charge in [0.1, 0.15) is 0 Å². The van der Waals surface area contributed by atoms with E-state index in [2.05, 4.69) is 31.2 Å². The number of carbonyl (C=O) groups is 2. The standard InChI is InChI=1S/C24H31NO3/c1-4-19(3)25(17-16-24(27)28-5-2)23(26)18-22(20-12-8-6-9-13-20)21-14-10-7-11-15-21/h6-15,19,22H,4-5,16-18H2,1-3H3. The lowest BCUT2D eigenvalue weighted by atomic mass is 9.88. The molecule has 0 N–H and O–H groups in total. The molecule has 4 nitrogen and oxygen atoms in total. The van der Waals surface area contributed by atoms with Gasteiger partial charge in [-0.3, -0.25) is 9.59 Å². The van der Waals surface area contributed by atoms with Crippen LogP contribution in [0.15, 0.2) is 60.7 Å². The molecule has 2 aromatic carbocycles. The molecular formula is C24H31NO3. The van der Waals surface area contributed by atoms with Gasteiger partial charge in [-0.15, -0.1) is 0 Å². The summed E-state index contributed by atoms with van der Waals surface area (Å²) in [5, 5.41) is 0. The molecule has 0 saturated carbocycles. The van der Waals surface area contributed by atoms with Crippen LogP contribution in [0.5, 0.6) is 0 Å². The Morgan fingerprint density at radius 1 is 0.929 bits per heavy atom. The monoisotopic (exact) mass is 381 g/mol. The Hall–Kier alpha value is -2.62. The van der Waals surface area contributed by atoms with Gasteiger partial charge in [0.2, 0.25) is 5.91 Å². The highest BCUT2D eigenvalue weighted by Gasteiger charge is 2.25. The molecule has 0 radical (unpaired) electrons. The van der Waals surface area contributed by atoms with Gasteiger partial charge in [0.05, 0.1) is 13.0 Å². The van der Waals surface area contributed by atoms with E-state index in [1.54, 1.807) is 6.92 Å². The fourth-order valence-electron chi connectivity index (χ4n) is 3.35. The maximum Gasteiger partial charge on any atom is 0.307 e. The molecule has 0 heterocycles. The van der Waals surface area contributed by atoms with E-state index in [-0.39, 0.29) is 30.3 Å². The molecule has 2 aromatic rings. The molecule has 1 atom stereocenters. The molecule has 4 heteroatoms. The van der Waals surface area contributed by atoms with Crippen LogP contribution in [0.2, 0.25) is 0 Å². The molecule has 0 aliphatic rings.